The molecule has 0 spiro atoms. The number of fused-ring (bicyclic) bond motifs is 1. The lowest BCUT2D eigenvalue weighted by Gasteiger charge is -2.01. The average molecular weight is 211 g/mol. The largest absolute Gasteiger partial charge is 0.234 e. The van der Waals surface area contributed by atoms with Crippen molar-refractivity contribution in [1.82, 2.24) is 10.3 Å². The van der Waals surface area contributed by atoms with E-state index >= 15 is 0 Å². The molecule has 1 radical (unpaired) electrons. The van der Waals surface area contributed by atoms with E-state index in [0.717, 1.165) is 15.7 Å². The fourth-order valence-corrected chi connectivity index (χ4v) is 1.24. The first kappa shape index (κ1) is 6.79. The van der Waals surface area contributed by atoms with Gasteiger partial charge in [0, 0.05) is 10.7 Å². The van der Waals surface area contributed by atoms with Crippen LogP contribution in [0.1, 0.15) is 5.56 Å². The molecule has 2 heterocycles. The number of aromatic nitrogens is 1. The zero-order valence-electron chi connectivity index (χ0n) is 5.87. The van der Waals surface area contributed by atoms with Crippen molar-refractivity contribution in [2.24, 2.45) is 4.99 Å². The van der Waals surface area contributed by atoms with Gasteiger partial charge in [-0.15, -0.1) is 0 Å². The summed E-state index contributed by atoms with van der Waals surface area (Å²) in [6.45, 7) is 1.99. The van der Waals surface area contributed by atoms with Crippen LogP contribution in [0.25, 0.3) is 0 Å². The van der Waals surface area contributed by atoms with E-state index in [-0.39, 0.29) is 0 Å². The van der Waals surface area contributed by atoms with Crippen LogP contribution in [-0.4, -0.2) is 11.3 Å². The summed E-state index contributed by atoms with van der Waals surface area (Å²) in [5.74, 6) is 0.714. The summed E-state index contributed by atoms with van der Waals surface area (Å²) >= 11 is 3.37. The molecule has 0 saturated heterocycles. The van der Waals surface area contributed by atoms with Gasteiger partial charge in [0.25, 0.3) is 0 Å². The first-order valence-corrected chi connectivity index (χ1v) is 3.97. The number of rotatable bonds is 0. The highest BCUT2D eigenvalue weighted by molar-refractivity contribution is 9.10. The fraction of sp³-hybridized carbons (Fsp3) is 0.143. The fourth-order valence-electron chi connectivity index (χ4n) is 0.947. The van der Waals surface area contributed by atoms with Crippen molar-refractivity contribution in [1.29, 1.82) is 0 Å². The Balaban J connectivity index is 2.67. The Labute approximate surface area is 72.7 Å². The van der Waals surface area contributed by atoms with Crippen LogP contribution in [-0.2, 0) is 0 Å². The van der Waals surface area contributed by atoms with Gasteiger partial charge in [0.05, 0.1) is 0 Å². The standard InChI is InChI=1S/C7H5BrN3/c1-4-5(8)2-9-7-6(4)10-3-11-7/h2-3H,1H3. The Morgan fingerprint density at radius 1 is 1.45 bits per heavy atom. The summed E-state index contributed by atoms with van der Waals surface area (Å²) in [6.07, 6.45) is 3.27. The monoisotopic (exact) mass is 210 g/mol. The summed E-state index contributed by atoms with van der Waals surface area (Å²) < 4.78 is 0.977. The molecule has 0 fully saturated rings. The molecule has 0 aromatic carbocycles. The molecular weight excluding hydrogens is 206 g/mol. The topological polar surface area (TPSA) is 39.4 Å². The number of hydrogen-bond donors (Lipinski definition) is 0. The Bertz CT molecular complexity index is 333. The highest BCUT2D eigenvalue weighted by Gasteiger charge is 2.13. The Morgan fingerprint density at radius 2 is 2.27 bits per heavy atom. The van der Waals surface area contributed by atoms with Gasteiger partial charge < -0.3 is 0 Å². The van der Waals surface area contributed by atoms with Crippen LogP contribution in [0.2, 0.25) is 0 Å². The summed E-state index contributed by atoms with van der Waals surface area (Å²) in [7, 11) is 0. The molecule has 1 aromatic heterocycles. The molecule has 0 N–H and O–H groups in total. The highest BCUT2D eigenvalue weighted by atomic mass is 79.9. The molecule has 0 amide bonds. The van der Waals surface area contributed by atoms with Crippen LogP contribution >= 0.6 is 15.9 Å². The molecule has 0 saturated carbocycles. The Kier molecular flexibility index (Phi) is 1.42. The van der Waals surface area contributed by atoms with Crippen molar-refractivity contribution in [3.8, 4) is 0 Å². The number of nitrogens with zero attached hydrogens (tertiary/aromatic N) is 3. The molecule has 1 aromatic rings. The number of pyridine rings is 1. The zero-order valence-corrected chi connectivity index (χ0v) is 7.46. The van der Waals surface area contributed by atoms with E-state index in [9.17, 15) is 0 Å². The number of aliphatic imine (C=N–C) groups is 1. The van der Waals surface area contributed by atoms with Crippen LogP contribution in [0.15, 0.2) is 15.7 Å². The van der Waals surface area contributed by atoms with Crippen molar-refractivity contribution in [3.63, 3.8) is 0 Å². The Morgan fingerprint density at radius 3 is 3.09 bits per heavy atom. The van der Waals surface area contributed by atoms with Crippen LogP contribution in [0.3, 0.4) is 0 Å². The van der Waals surface area contributed by atoms with E-state index in [0.29, 0.717) is 5.82 Å². The first-order chi connectivity index (χ1) is 5.29. The normalized spacial score (nSPS) is 12.9. The lowest BCUT2D eigenvalue weighted by atomic mass is 10.2. The molecule has 3 nitrogen and oxygen atoms in total. The predicted octanol–water partition coefficient (Wildman–Crippen LogP) is 2.06. The molecule has 2 rings (SSSR count). The highest BCUT2D eigenvalue weighted by Crippen LogP contribution is 2.33. The summed E-state index contributed by atoms with van der Waals surface area (Å²) in [5, 5.41) is 4.08. The van der Waals surface area contributed by atoms with Crippen molar-refractivity contribution < 1.29 is 0 Å². The van der Waals surface area contributed by atoms with Gasteiger partial charge in [-0.3, -0.25) is 0 Å². The first-order valence-electron chi connectivity index (χ1n) is 3.17. The van der Waals surface area contributed by atoms with Gasteiger partial charge in [0.2, 0.25) is 0 Å². The second-order valence-corrected chi connectivity index (χ2v) is 3.13. The lowest BCUT2D eigenvalue weighted by molar-refractivity contribution is 1.20. The molecule has 1 aliphatic heterocycles. The van der Waals surface area contributed by atoms with Crippen molar-refractivity contribution >= 4 is 33.8 Å². The van der Waals surface area contributed by atoms with Gasteiger partial charge in [0.15, 0.2) is 5.82 Å². The maximum absolute atomic E-state index is 4.08. The van der Waals surface area contributed by atoms with Crippen LogP contribution in [0.4, 0.5) is 11.5 Å². The number of halogens is 1. The quantitative estimate of drug-likeness (QED) is 0.647. The molecule has 0 atom stereocenters. The van der Waals surface area contributed by atoms with Gasteiger partial charge >= 0.3 is 0 Å². The predicted molar refractivity (Wildman–Crippen MR) is 46.6 cm³/mol. The van der Waals surface area contributed by atoms with Crippen molar-refractivity contribution in [3.05, 3.63) is 16.2 Å². The molecule has 11 heavy (non-hydrogen) atoms. The Hall–Kier alpha value is -0.900. The van der Waals surface area contributed by atoms with Crippen LogP contribution < -0.4 is 5.32 Å². The molecule has 1 aliphatic rings. The average Bonchev–Trinajstić information content (AvgIpc) is 2.45. The van der Waals surface area contributed by atoms with Crippen molar-refractivity contribution in [2.45, 2.75) is 6.92 Å². The van der Waals surface area contributed by atoms with E-state index in [1.807, 2.05) is 6.92 Å². The third-order valence-electron chi connectivity index (χ3n) is 1.59. The van der Waals surface area contributed by atoms with E-state index in [4.69, 9.17) is 0 Å². The maximum atomic E-state index is 4.08. The minimum atomic E-state index is 0.714. The zero-order chi connectivity index (χ0) is 7.84. The molecule has 4 heteroatoms. The van der Waals surface area contributed by atoms with Gasteiger partial charge in [-0.2, -0.15) is 0 Å². The maximum Gasteiger partial charge on any atom is 0.180 e. The van der Waals surface area contributed by atoms with E-state index < -0.39 is 0 Å². The SMILES string of the molecule is Cc1c(Br)cnc2c1[N]C=N2. The summed E-state index contributed by atoms with van der Waals surface area (Å²) in [5.41, 5.74) is 1.96. The van der Waals surface area contributed by atoms with Crippen molar-refractivity contribution in [2.75, 3.05) is 0 Å². The smallest absolute Gasteiger partial charge is 0.180 e. The minimum Gasteiger partial charge on any atom is -0.234 e. The summed E-state index contributed by atoms with van der Waals surface area (Å²) in [6, 6.07) is 0. The molecule has 0 aliphatic carbocycles. The minimum absolute atomic E-state index is 0.714. The van der Waals surface area contributed by atoms with E-state index in [1.54, 1.807) is 6.20 Å². The summed E-state index contributed by atoms with van der Waals surface area (Å²) in [4.78, 5) is 8.06. The van der Waals surface area contributed by atoms with Gasteiger partial charge in [-0.25, -0.2) is 15.3 Å². The van der Waals surface area contributed by atoms with Gasteiger partial charge in [-0.05, 0) is 28.4 Å². The van der Waals surface area contributed by atoms with Gasteiger partial charge in [-0.1, -0.05) is 0 Å². The van der Waals surface area contributed by atoms with Gasteiger partial charge in [0.1, 0.15) is 12.0 Å². The molecule has 0 unspecified atom stereocenters. The molecular formula is C7H5BrN3. The van der Waals surface area contributed by atoms with E-state index in [1.165, 1.54) is 6.34 Å². The third-order valence-corrected chi connectivity index (χ3v) is 2.39. The van der Waals surface area contributed by atoms with E-state index in [2.05, 4.69) is 31.2 Å². The van der Waals surface area contributed by atoms with Crippen LogP contribution in [0.5, 0.6) is 0 Å². The number of hydrogen-bond acceptors (Lipinski definition) is 2. The lowest BCUT2D eigenvalue weighted by Crippen LogP contribution is -1.90. The van der Waals surface area contributed by atoms with Crippen LogP contribution in [0, 0.1) is 6.92 Å². The second-order valence-electron chi connectivity index (χ2n) is 2.28. The molecule has 55 valence electrons. The third kappa shape index (κ3) is 0.939. The molecule has 0 bridgehead atoms. The second kappa shape index (κ2) is 2.30.